The van der Waals surface area contributed by atoms with Gasteiger partial charge in [-0.2, -0.15) is 5.26 Å². The first-order chi connectivity index (χ1) is 13.0. The Morgan fingerprint density at radius 3 is 2.86 bits per heavy atom. The number of hydrogen-bond acceptors (Lipinski definition) is 5. The van der Waals surface area contributed by atoms with Crippen LogP contribution in [0.3, 0.4) is 0 Å². The molecule has 0 unspecified atom stereocenters. The van der Waals surface area contributed by atoms with Crippen LogP contribution >= 0.6 is 12.4 Å². The molecule has 0 radical (unpaired) electrons. The normalized spacial score (nSPS) is 23.2. The average Bonchev–Trinajstić information content (AvgIpc) is 3.31. The highest BCUT2D eigenvalue weighted by Crippen LogP contribution is 2.42. The fourth-order valence-corrected chi connectivity index (χ4v) is 4.43. The summed E-state index contributed by atoms with van der Waals surface area (Å²) >= 11 is 0. The number of benzene rings is 1. The summed E-state index contributed by atoms with van der Waals surface area (Å²) in [6.07, 6.45) is 0. The van der Waals surface area contributed by atoms with Gasteiger partial charge in [0.25, 0.3) is 0 Å². The number of nitrogens with zero attached hydrogens (tertiary/aromatic N) is 3. The van der Waals surface area contributed by atoms with E-state index in [1.807, 2.05) is 35.8 Å². The maximum Gasteiger partial charge on any atom is 0.316 e. The molecule has 0 saturated carbocycles. The van der Waals surface area contributed by atoms with Crippen LogP contribution in [-0.2, 0) is 25.6 Å². The standard InChI is InChI=1S/C20H21N3O4.ClH/c1-13-16(7-21)15-5-3-4-6-17(15)23(13)9-18(24)22-8-14-10-27-12-20(14,11-22)19(25)26-2;/h3-6,14H,8-12H2,1-2H3;1H/t14-,20-;/m0./s1. The van der Waals surface area contributed by atoms with Crippen LogP contribution in [0.25, 0.3) is 10.9 Å². The monoisotopic (exact) mass is 403 g/mol. The Hall–Kier alpha value is -2.56. The van der Waals surface area contributed by atoms with Crippen molar-refractivity contribution in [2.45, 2.75) is 13.5 Å². The summed E-state index contributed by atoms with van der Waals surface area (Å²) < 4.78 is 12.4. The number of rotatable bonds is 3. The van der Waals surface area contributed by atoms with Crippen LogP contribution in [0.2, 0.25) is 0 Å². The van der Waals surface area contributed by atoms with E-state index in [0.29, 0.717) is 25.3 Å². The first kappa shape index (κ1) is 20.2. The zero-order chi connectivity index (χ0) is 19.2. The van der Waals surface area contributed by atoms with E-state index in [1.165, 1.54) is 7.11 Å². The molecule has 4 rings (SSSR count). The van der Waals surface area contributed by atoms with Gasteiger partial charge in [-0.3, -0.25) is 9.59 Å². The number of aromatic nitrogens is 1. The molecule has 2 aromatic rings. The van der Waals surface area contributed by atoms with E-state index in [1.54, 1.807) is 4.90 Å². The van der Waals surface area contributed by atoms with E-state index in [-0.39, 0.29) is 43.4 Å². The fraction of sp³-hybridized carbons (Fsp3) is 0.450. The van der Waals surface area contributed by atoms with Crippen molar-refractivity contribution in [1.82, 2.24) is 9.47 Å². The molecule has 2 aliphatic rings. The Labute approximate surface area is 169 Å². The van der Waals surface area contributed by atoms with Crippen molar-refractivity contribution in [1.29, 1.82) is 5.26 Å². The van der Waals surface area contributed by atoms with Crippen molar-refractivity contribution in [2.75, 3.05) is 33.4 Å². The number of para-hydroxylation sites is 1. The van der Waals surface area contributed by atoms with Gasteiger partial charge in [0, 0.05) is 30.1 Å². The Morgan fingerprint density at radius 2 is 2.14 bits per heavy atom. The average molecular weight is 404 g/mol. The molecule has 3 heterocycles. The minimum Gasteiger partial charge on any atom is -0.468 e. The number of carbonyl (C=O) groups excluding carboxylic acids is 2. The number of amides is 1. The van der Waals surface area contributed by atoms with Crippen LogP contribution < -0.4 is 0 Å². The van der Waals surface area contributed by atoms with Crippen molar-refractivity contribution in [2.24, 2.45) is 11.3 Å². The minimum absolute atomic E-state index is 0. The van der Waals surface area contributed by atoms with Gasteiger partial charge < -0.3 is 18.9 Å². The molecule has 2 aliphatic heterocycles. The van der Waals surface area contributed by atoms with Crippen LogP contribution in [0.4, 0.5) is 0 Å². The topological polar surface area (TPSA) is 84.6 Å². The molecule has 2 atom stereocenters. The second kappa shape index (κ2) is 7.46. The number of halogens is 1. The molecule has 1 aromatic heterocycles. The second-order valence-electron chi connectivity index (χ2n) is 7.31. The number of hydrogen-bond donors (Lipinski definition) is 0. The predicted octanol–water partition coefficient (Wildman–Crippen LogP) is 1.89. The van der Waals surface area contributed by atoms with Crippen LogP contribution in [-0.4, -0.2) is 54.8 Å². The molecule has 2 saturated heterocycles. The lowest BCUT2D eigenvalue weighted by Gasteiger charge is -2.24. The maximum atomic E-state index is 13.0. The molecule has 0 N–H and O–H groups in total. The van der Waals surface area contributed by atoms with Crippen molar-refractivity contribution in [3.05, 3.63) is 35.5 Å². The SMILES string of the molecule is COC(=O)[C@@]12COC[C@@H]1CN(C(=O)Cn1c(C)c(C#N)c3ccccc31)C2.Cl. The van der Waals surface area contributed by atoms with Gasteiger partial charge in [-0.1, -0.05) is 18.2 Å². The molecule has 2 fully saturated rings. The summed E-state index contributed by atoms with van der Waals surface area (Å²) in [7, 11) is 1.37. The highest BCUT2D eigenvalue weighted by atomic mass is 35.5. The van der Waals surface area contributed by atoms with Crippen LogP contribution in [0, 0.1) is 29.6 Å². The maximum absolute atomic E-state index is 13.0. The third-order valence-electron chi connectivity index (χ3n) is 5.95. The molecule has 28 heavy (non-hydrogen) atoms. The molecule has 7 nitrogen and oxygen atoms in total. The number of esters is 1. The van der Waals surface area contributed by atoms with E-state index in [4.69, 9.17) is 9.47 Å². The first-order valence-electron chi connectivity index (χ1n) is 8.93. The summed E-state index contributed by atoms with van der Waals surface area (Å²) in [5.74, 6) is -0.415. The lowest BCUT2D eigenvalue weighted by Crippen LogP contribution is -2.41. The quantitative estimate of drug-likeness (QED) is 0.730. The molecule has 8 heteroatoms. The van der Waals surface area contributed by atoms with E-state index in [0.717, 1.165) is 16.6 Å². The van der Waals surface area contributed by atoms with Gasteiger partial charge in [-0.15, -0.1) is 12.4 Å². The summed E-state index contributed by atoms with van der Waals surface area (Å²) in [4.78, 5) is 27.1. The predicted molar refractivity (Wildman–Crippen MR) is 104 cm³/mol. The van der Waals surface area contributed by atoms with Crippen LogP contribution in [0.1, 0.15) is 11.3 Å². The van der Waals surface area contributed by atoms with Gasteiger partial charge in [0.15, 0.2) is 0 Å². The summed E-state index contributed by atoms with van der Waals surface area (Å²) in [5.41, 5.74) is 1.48. The number of ether oxygens (including phenoxy) is 2. The number of fused-ring (bicyclic) bond motifs is 2. The van der Waals surface area contributed by atoms with Crippen molar-refractivity contribution >= 4 is 35.2 Å². The van der Waals surface area contributed by atoms with Gasteiger partial charge in [0.2, 0.25) is 5.91 Å². The van der Waals surface area contributed by atoms with Crippen LogP contribution in [0.15, 0.2) is 24.3 Å². The molecule has 0 spiro atoms. The Balaban J connectivity index is 0.00000225. The van der Waals surface area contributed by atoms with Crippen LogP contribution in [0.5, 0.6) is 0 Å². The summed E-state index contributed by atoms with van der Waals surface area (Å²) in [6.45, 7) is 3.54. The third-order valence-corrected chi connectivity index (χ3v) is 5.95. The Bertz CT molecular complexity index is 980. The molecular formula is C20H22ClN3O4. The Kier molecular flexibility index (Phi) is 5.37. The highest BCUT2D eigenvalue weighted by Gasteiger charge is 2.57. The molecule has 0 bridgehead atoms. The van der Waals surface area contributed by atoms with Gasteiger partial charge in [-0.25, -0.2) is 0 Å². The molecule has 0 aliphatic carbocycles. The minimum atomic E-state index is -0.754. The molecule has 148 valence electrons. The van der Waals surface area contributed by atoms with Gasteiger partial charge in [0.05, 0.1) is 31.4 Å². The summed E-state index contributed by atoms with van der Waals surface area (Å²) in [6, 6.07) is 9.83. The van der Waals surface area contributed by atoms with Gasteiger partial charge in [0.1, 0.15) is 18.0 Å². The number of nitriles is 1. The molecule has 1 aromatic carbocycles. The van der Waals surface area contributed by atoms with E-state index < -0.39 is 5.41 Å². The van der Waals surface area contributed by atoms with Crippen molar-refractivity contribution < 1.29 is 19.1 Å². The largest absolute Gasteiger partial charge is 0.468 e. The third kappa shape index (κ3) is 2.84. The number of methoxy groups -OCH3 is 1. The van der Waals surface area contributed by atoms with Crippen molar-refractivity contribution in [3.63, 3.8) is 0 Å². The zero-order valence-electron chi connectivity index (χ0n) is 15.8. The van der Waals surface area contributed by atoms with Crippen molar-refractivity contribution in [3.8, 4) is 6.07 Å². The number of carbonyl (C=O) groups is 2. The van der Waals surface area contributed by atoms with E-state index >= 15 is 0 Å². The van der Waals surface area contributed by atoms with Gasteiger partial charge >= 0.3 is 5.97 Å². The fourth-order valence-electron chi connectivity index (χ4n) is 4.43. The first-order valence-corrected chi connectivity index (χ1v) is 8.93. The number of likely N-dealkylation sites (tertiary alicyclic amines) is 1. The van der Waals surface area contributed by atoms with E-state index in [2.05, 4.69) is 6.07 Å². The van der Waals surface area contributed by atoms with E-state index in [9.17, 15) is 14.9 Å². The summed E-state index contributed by atoms with van der Waals surface area (Å²) in [5, 5.41) is 10.3. The lowest BCUT2D eigenvalue weighted by atomic mass is 9.81. The van der Waals surface area contributed by atoms with Gasteiger partial charge in [-0.05, 0) is 13.0 Å². The molecule has 1 amide bonds. The molecular weight excluding hydrogens is 382 g/mol. The second-order valence-corrected chi connectivity index (χ2v) is 7.31. The zero-order valence-corrected chi connectivity index (χ0v) is 16.6. The smallest absolute Gasteiger partial charge is 0.316 e. The highest BCUT2D eigenvalue weighted by molar-refractivity contribution is 5.90. The lowest BCUT2D eigenvalue weighted by molar-refractivity contribution is -0.153. The Morgan fingerprint density at radius 1 is 1.39 bits per heavy atom.